The number of imidazole rings is 1. The molecule has 0 saturated heterocycles. The second-order valence-corrected chi connectivity index (χ2v) is 5.51. The van der Waals surface area contributed by atoms with E-state index in [4.69, 9.17) is 11.5 Å². The summed E-state index contributed by atoms with van der Waals surface area (Å²) in [5, 5.41) is 0. The van der Waals surface area contributed by atoms with Crippen LogP contribution in [0.5, 0.6) is 0 Å². The minimum Gasteiger partial charge on any atom is -0.383 e. The molecule has 3 rings (SSSR count). The van der Waals surface area contributed by atoms with Gasteiger partial charge in [-0.1, -0.05) is 43.2 Å². The molecule has 22 heavy (non-hydrogen) atoms. The van der Waals surface area contributed by atoms with Crippen LogP contribution in [0.2, 0.25) is 0 Å². The predicted molar refractivity (Wildman–Crippen MR) is 92.3 cm³/mol. The number of benzene rings is 1. The van der Waals surface area contributed by atoms with Crippen molar-refractivity contribution in [2.45, 2.75) is 38.3 Å². The summed E-state index contributed by atoms with van der Waals surface area (Å²) in [7, 11) is 0. The van der Waals surface area contributed by atoms with E-state index >= 15 is 0 Å². The van der Waals surface area contributed by atoms with Crippen LogP contribution in [0.1, 0.15) is 43.0 Å². The lowest BCUT2D eigenvalue weighted by Crippen LogP contribution is -2.17. The van der Waals surface area contributed by atoms with Crippen LogP contribution in [-0.2, 0) is 6.54 Å². The average Bonchev–Trinajstić information content (AvgIpc) is 3.15. The number of nitrogens with two attached hydrogens (primary N) is 2. The maximum absolute atomic E-state index is 6.19. The molecule has 4 N–H and O–H groups in total. The van der Waals surface area contributed by atoms with Gasteiger partial charge in [0.25, 0.3) is 0 Å². The van der Waals surface area contributed by atoms with Gasteiger partial charge in [0.05, 0.1) is 12.9 Å². The molecule has 5 nitrogen and oxygen atoms in total. The van der Waals surface area contributed by atoms with Gasteiger partial charge in [-0.25, -0.2) is 4.98 Å². The Hall–Kier alpha value is -2.01. The summed E-state index contributed by atoms with van der Waals surface area (Å²) in [4.78, 5) is 8.76. The third-order valence-electron chi connectivity index (χ3n) is 4.07. The van der Waals surface area contributed by atoms with E-state index in [0.29, 0.717) is 29.9 Å². The average molecular weight is 320 g/mol. The number of aliphatic imine (C=N–C) groups is 1. The van der Waals surface area contributed by atoms with Crippen molar-refractivity contribution in [3.8, 4) is 0 Å². The first-order valence-corrected chi connectivity index (χ1v) is 7.42. The van der Waals surface area contributed by atoms with Crippen molar-refractivity contribution < 1.29 is 0 Å². The van der Waals surface area contributed by atoms with Gasteiger partial charge in [0.1, 0.15) is 17.3 Å². The molecule has 1 aromatic carbocycles. The highest BCUT2D eigenvalue weighted by atomic mass is 35.5. The number of hydrogen-bond acceptors (Lipinski definition) is 3. The molecule has 1 aromatic heterocycles. The van der Waals surface area contributed by atoms with Gasteiger partial charge in [-0.2, -0.15) is 0 Å². The van der Waals surface area contributed by atoms with Gasteiger partial charge in [0, 0.05) is 6.04 Å². The van der Waals surface area contributed by atoms with Crippen molar-refractivity contribution in [2.75, 3.05) is 5.73 Å². The monoisotopic (exact) mass is 319 g/mol. The highest BCUT2D eigenvalue weighted by Crippen LogP contribution is 2.31. The number of rotatable bonds is 4. The van der Waals surface area contributed by atoms with Gasteiger partial charge in [-0.05, 0) is 18.4 Å². The van der Waals surface area contributed by atoms with E-state index in [9.17, 15) is 0 Å². The van der Waals surface area contributed by atoms with Crippen LogP contribution < -0.4 is 11.5 Å². The molecular formula is C16H22ClN5. The van der Waals surface area contributed by atoms with Crippen LogP contribution in [0.15, 0.2) is 41.7 Å². The van der Waals surface area contributed by atoms with E-state index in [0.717, 1.165) is 5.56 Å². The standard InChI is InChI=1S/C16H21N5.ClH/c17-15(19-10-12-6-2-1-3-7-12)14-16(18)21(11-20-14)13-8-4-5-9-13;/h1-3,6-7,11,13H,4-5,8-10,18H2,(H2,17,19);1H. The van der Waals surface area contributed by atoms with Crippen molar-refractivity contribution in [3.63, 3.8) is 0 Å². The van der Waals surface area contributed by atoms with Crippen LogP contribution in [-0.4, -0.2) is 15.4 Å². The normalized spacial score (nSPS) is 15.7. The minimum absolute atomic E-state index is 0. The van der Waals surface area contributed by atoms with E-state index in [1.54, 1.807) is 6.33 Å². The Labute approximate surface area is 136 Å². The number of nitrogen functional groups attached to an aromatic ring is 1. The van der Waals surface area contributed by atoms with E-state index in [2.05, 4.69) is 9.98 Å². The molecule has 6 heteroatoms. The summed E-state index contributed by atoms with van der Waals surface area (Å²) in [6, 6.07) is 10.5. The minimum atomic E-state index is 0. The molecule has 0 aliphatic heterocycles. The first-order chi connectivity index (χ1) is 10.3. The van der Waals surface area contributed by atoms with Crippen molar-refractivity contribution in [3.05, 3.63) is 47.9 Å². The molecular weight excluding hydrogens is 298 g/mol. The van der Waals surface area contributed by atoms with Gasteiger partial charge >= 0.3 is 0 Å². The molecule has 0 unspecified atom stereocenters. The number of nitrogens with zero attached hydrogens (tertiary/aromatic N) is 3. The molecule has 1 heterocycles. The van der Waals surface area contributed by atoms with Gasteiger partial charge in [0.15, 0.2) is 0 Å². The maximum Gasteiger partial charge on any atom is 0.148 e. The van der Waals surface area contributed by atoms with Crippen LogP contribution >= 0.6 is 12.4 Å². The molecule has 1 fully saturated rings. The molecule has 0 amide bonds. The van der Waals surface area contributed by atoms with Crippen molar-refractivity contribution in [1.29, 1.82) is 0 Å². The van der Waals surface area contributed by atoms with Crippen molar-refractivity contribution >= 4 is 24.1 Å². The largest absolute Gasteiger partial charge is 0.383 e. The highest BCUT2D eigenvalue weighted by Gasteiger charge is 2.21. The van der Waals surface area contributed by atoms with Gasteiger partial charge in [0.2, 0.25) is 0 Å². The second-order valence-electron chi connectivity index (χ2n) is 5.51. The smallest absolute Gasteiger partial charge is 0.148 e. The Morgan fingerprint density at radius 3 is 2.59 bits per heavy atom. The maximum atomic E-state index is 6.19. The molecule has 0 radical (unpaired) electrons. The number of halogens is 1. The lowest BCUT2D eigenvalue weighted by Gasteiger charge is -2.12. The Kier molecular flexibility index (Phi) is 5.44. The third-order valence-corrected chi connectivity index (χ3v) is 4.07. The fourth-order valence-corrected chi connectivity index (χ4v) is 2.88. The van der Waals surface area contributed by atoms with E-state index in [1.165, 1.54) is 25.7 Å². The molecule has 1 aliphatic rings. The Morgan fingerprint density at radius 1 is 1.23 bits per heavy atom. The summed E-state index contributed by atoms with van der Waals surface area (Å²) >= 11 is 0. The van der Waals surface area contributed by atoms with Crippen LogP contribution in [0.3, 0.4) is 0 Å². The summed E-state index contributed by atoms with van der Waals surface area (Å²) in [5.41, 5.74) is 14.0. The lowest BCUT2D eigenvalue weighted by molar-refractivity contribution is 0.524. The molecule has 0 bridgehead atoms. The third kappa shape index (κ3) is 3.42. The summed E-state index contributed by atoms with van der Waals surface area (Å²) in [6.07, 6.45) is 6.65. The van der Waals surface area contributed by atoms with Crippen molar-refractivity contribution in [2.24, 2.45) is 10.7 Å². The predicted octanol–water partition coefficient (Wildman–Crippen LogP) is 2.91. The second kappa shape index (κ2) is 7.31. The number of hydrogen-bond donors (Lipinski definition) is 2. The Morgan fingerprint density at radius 2 is 1.91 bits per heavy atom. The zero-order valence-corrected chi connectivity index (χ0v) is 13.3. The summed E-state index contributed by atoms with van der Waals surface area (Å²) < 4.78 is 2.05. The first-order valence-electron chi connectivity index (χ1n) is 7.42. The fraction of sp³-hybridized carbons (Fsp3) is 0.375. The molecule has 0 atom stereocenters. The highest BCUT2D eigenvalue weighted by molar-refractivity contribution is 5.99. The number of amidine groups is 1. The zero-order valence-electron chi connectivity index (χ0n) is 12.5. The topological polar surface area (TPSA) is 82.2 Å². The van der Waals surface area contributed by atoms with Crippen LogP contribution in [0.25, 0.3) is 0 Å². The Balaban J connectivity index is 0.00000176. The number of aromatic nitrogens is 2. The Bertz CT molecular complexity index is 629. The first kappa shape index (κ1) is 16.4. The quantitative estimate of drug-likeness (QED) is 0.671. The van der Waals surface area contributed by atoms with E-state index < -0.39 is 0 Å². The SMILES string of the molecule is Cl.NC(=NCc1ccccc1)c1ncn(C2CCCC2)c1N. The fourth-order valence-electron chi connectivity index (χ4n) is 2.88. The van der Waals surface area contributed by atoms with Gasteiger partial charge in [-0.3, -0.25) is 4.99 Å². The van der Waals surface area contributed by atoms with E-state index in [1.807, 2.05) is 34.9 Å². The molecule has 0 spiro atoms. The van der Waals surface area contributed by atoms with Crippen LogP contribution in [0, 0.1) is 0 Å². The van der Waals surface area contributed by atoms with Gasteiger partial charge < -0.3 is 16.0 Å². The molecule has 2 aromatic rings. The molecule has 1 aliphatic carbocycles. The van der Waals surface area contributed by atoms with Crippen molar-refractivity contribution in [1.82, 2.24) is 9.55 Å². The summed E-state index contributed by atoms with van der Waals surface area (Å²) in [6.45, 7) is 0.544. The number of anilines is 1. The summed E-state index contributed by atoms with van der Waals surface area (Å²) in [5.74, 6) is 1.05. The molecule has 1 saturated carbocycles. The molecule has 118 valence electrons. The zero-order chi connectivity index (χ0) is 14.7. The lowest BCUT2D eigenvalue weighted by atomic mass is 10.2. The van der Waals surface area contributed by atoms with Crippen LogP contribution in [0.4, 0.5) is 5.82 Å². The van der Waals surface area contributed by atoms with E-state index in [-0.39, 0.29) is 12.4 Å². The van der Waals surface area contributed by atoms with Gasteiger partial charge in [-0.15, -0.1) is 12.4 Å².